The van der Waals surface area contributed by atoms with E-state index in [0.29, 0.717) is 5.02 Å². The normalized spacial score (nSPS) is 11.9. The molecule has 5 nitrogen and oxygen atoms in total. The highest BCUT2D eigenvalue weighted by Crippen LogP contribution is 2.26. The summed E-state index contributed by atoms with van der Waals surface area (Å²) in [5, 5.41) is 20.1. The maximum absolute atomic E-state index is 11.5. The molecule has 0 saturated heterocycles. The van der Waals surface area contributed by atoms with Crippen molar-refractivity contribution in [2.75, 3.05) is 12.4 Å². The van der Waals surface area contributed by atoms with Gasteiger partial charge in [-0.2, -0.15) is 0 Å². The maximum atomic E-state index is 11.5. The number of hydrogen-bond donors (Lipinski definition) is 3. The van der Waals surface area contributed by atoms with Gasteiger partial charge in [-0.15, -0.1) is 11.8 Å². The van der Waals surface area contributed by atoms with Crippen molar-refractivity contribution in [1.82, 2.24) is 5.32 Å². The van der Waals surface area contributed by atoms with Gasteiger partial charge in [-0.05, 0) is 12.1 Å². The van der Waals surface area contributed by atoms with Crippen molar-refractivity contribution in [2.45, 2.75) is 10.9 Å². The van der Waals surface area contributed by atoms with Gasteiger partial charge in [0.2, 0.25) is 5.91 Å². The van der Waals surface area contributed by atoms with Crippen LogP contribution in [-0.4, -0.2) is 40.5 Å². The minimum absolute atomic E-state index is 0.0352. The van der Waals surface area contributed by atoms with Gasteiger partial charge in [-0.25, -0.2) is 4.79 Å². The highest BCUT2D eigenvalue weighted by atomic mass is 35.5. The summed E-state index contributed by atoms with van der Waals surface area (Å²) in [6.45, 7) is -0.641. The number of nitrogens with one attached hydrogen (secondary N) is 1. The summed E-state index contributed by atoms with van der Waals surface area (Å²) >= 11 is 7.11. The second-order valence-electron chi connectivity index (χ2n) is 3.36. The molecule has 0 radical (unpaired) electrons. The van der Waals surface area contributed by atoms with Crippen LogP contribution in [0.5, 0.6) is 0 Å². The highest BCUT2D eigenvalue weighted by Gasteiger charge is 2.18. The summed E-state index contributed by atoms with van der Waals surface area (Å²) in [7, 11) is 0. The molecule has 1 atom stereocenters. The molecule has 7 heteroatoms. The third kappa shape index (κ3) is 4.56. The van der Waals surface area contributed by atoms with Crippen molar-refractivity contribution in [1.29, 1.82) is 0 Å². The van der Waals surface area contributed by atoms with Crippen LogP contribution >= 0.6 is 23.4 Å². The van der Waals surface area contributed by atoms with E-state index in [1.165, 1.54) is 11.8 Å². The molecule has 18 heavy (non-hydrogen) atoms. The molecule has 0 unspecified atom stereocenters. The van der Waals surface area contributed by atoms with Gasteiger partial charge in [-0.3, -0.25) is 4.79 Å². The van der Waals surface area contributed by atoms with E-state index in [1.807, 2.05) is 0 Å². The van der Waals surface area contributed by atoms with Crippen molar-refractivity contribution in [3.8, 4) is 0 Å². The molecule has 0 heterocycles. The third-order valence-corrected chi connectivity index (χ3v) is 3.53. The maximum Gasteiger partial charge on any atom is 0.328 e. The average Bonchev–Trinajstić information content (AvgIpc) is 2.34. The molecular formula is C11H12ClNO4S. The zero-order valence-electron chi connectivity index (χ0n) is 9.30. The number of benzene rings is 1. The number of hydrogen-bond acceptors (Lipinski definition) is 4. The van der Waals surface area contributed by atoms with Crippen LogP contribution in [0.3, 0.4) is 0 Å². The van der Waals surface area contributed by atoms with E-state index in [2.05, 4.69) is 5.32 Å². The lowest BCUT2D eigenvalue weighted by Gasteiger charge is -2.11. The van der Waals surface area contributed by atoms with Crippen LogP contribution in [0.25, 0.3) is 0 Å². The molecule has 1 amide bonds. The van der Waals surface area contributed by atoms with Crippen LogP contribution in [0.2, 0.25) is 5.02 Å². The molecule has 3 N–H and O–H groups in total. The number of aliphatic hydroxyl groups is 1. The minimum Gasteiger partial charge on any atom is -0.480 e. The van der Waals surface area contributed by atoms with Crippen molar-refractivity contribution in [3.05, 3.63) is 29.3 Å². The lowest BCUT2D eigenvalue weighted by molar-refractivity contribution is -0.142. The molecule has 1 aromatic rings. The minimum atomic E-state index is -1.27. The molecule has 0 saturated carbocycles. The van der Waals surface area contributed by atoms with Gasteiger partial charge in [-0.1, -0.05) is 23.7 Å². The first-order valence-corrected chi connectivity index (χ1v) is 6.41. The summed E-state index contributed by atoms with van der Waals surface area (Å²) in [4.78, 5) is 22.8. The van der Waals surface area contributed by atoms with Gasteiger partial charge < -0.3 is 15.5 Å². The molecule has 1 aromatic carbocycles. The zero-order chi connectivity index (χ0) is 13.5. The van der Waals surface area contributed by atoms with Gasteiger partial charge >= 0.3 is 5.97 Å². The smallest absolute Gasteiger partial charge is 0.328 e. The molecule has 0 aromatic heterocycles. The first-order valence-electron chi connectivity index (χ1n) is 5.05. The predicted molar refractivity (Wildman–Crippen MR) is 68.8 cm³/mol. The fourth-order valence-electron chi connectivity index (χ4n) is 1.13. The molecular weight excluding hydrogens is 278 g/mol. The second-order valence-corrected chi connectivity index (χ2v) is 4.78. The summed E-state index contributed by atoms with van der Waals surface area (Å²) in [6, 6.07) is 5.76. The Morgan fingerprint density at radius 1 is 1.39 bits per heavy atom. The number of aliphatic hydroxyl groups excluding tert-OH is 1. The molecule has 1 rings (SSSR count). The van der Waals surface area contributed by atoms with Crippen LogP contribution in [0.4, 0.5) is 0 Å². The average molecular weight is 290 g/mol. The SMILES string of the molecule is O=C(CSc1ccccc1Cl)N[C@H](CO)C(=O)O. The Kier molecular flexibility index (Phi) is 5.97. The Hall–Kier alpha value is -1.24. The van der Waals surface area contributed by atoms with Crippen molar-refractivity contribution >= 4 is 35.2 Å². The predicted octanol–water partition coefficient (Wildman–Crippen LogP) is 0.994. The van der Waals surface area contributed by atoms with Crippen molar-refractivity contribution in [3.63, 3.8) is 0 Å². The van der Waals surface area contributed by atoms with E-state index >= 15 is 0 Å². The summed E-state index contributed by atoms with van der Waals surface area (Å²) in [5.41, 5.74) is 0. The fourth-order valence-corrected chi connectivity index (χ4v) is 2.18. The largest absolute Gasteiger partial charge is 0.480 e. The molecule has 0 aliphatic rings. The van der Waals surface area contributed by atoms with E-state index < -0.39 is 24.5 Å². The van der Waals surface area contributed by atoms with E-state index in [4.69, 9.17) is 21.8 Å². The molecule has 0 fully saturated rings. The first kappa shape index (κ1) is 14.8. The summed E-state index contributed by atoms with van der Waals surface area (Å²) < 4.78 is 0. The molecule has 0 spiro atoms. The van der Waals surface area contributed by atoms with Gasteiger partial charge in [0, 0.05) is 4.90 Å². The van der Waals surface area contributed by atoms with E-state index in [1.54, 1.807) is 24.3 Å². The zero-order valence-corrected chi connectivity index (χ0v) is 10.9. The van der Waals surface area contributed by atoms with Gasteiger partial charge in [0.05, 0.1) is 17.4 Å². The monoisotopic (exact) mass is 289 g/mol. The Bertz CT molecular complexity index is 441. The van der Waals surface area contributed by atoms with Crippen LogP contribution in [0.1, 0.15) is 0 Å². The third-order valence-electron chi connectivity index (χ3n) is 2.01. The number of carboxylic acids is 1. The van der Waals surface area contributed by atoms with E-state index in [0.717, 1.165) is 4.90 Å². The summed E-state index contributed by atoms with van der Waals surface area (Å²) in [6.07, 6.45) is 0. The van der Waals surface area contributed by atoms with Crippen LogP contribution in [-0.2, 0) is 9.59 Å². The second kappa shape index (κ2) is 7.25. The summed E-state index contributed by atoms with van der Waals surface area (Å²) in [5.74, 6) is -1.71. The number of aliphatic carboxylic acids is 1. The van der Waals surface area contributed by atoms with Crippen LogP contribution in [0.15, 0.2) is 29.2 Å². The number of carbonyl (C=O) groups excluding carboxylic acids is 1. The van der Waals surface area contributed by atoms with Gasteiger partial charge in [0.15, 0.2) is 0 Å². The quantitative estimate of drug-likeness (QED) is 0.680. The van der Waals surface area contributed by atoms with Gasteiger partial charge in [0.1, 0.15) is 6.04 Å². The van der Waals surface area contributed by atoms with Crippen molar-refractivity contribution < 1.29 is 19.8 Å². The van der Waals surface area contributed by atoms with E-state index in [-0.39, 0.29) is 5.75 Å². The Morgan fingerprint density at radius 3 is 2.61 bits per heavy atom. The molecule has 0 aliphatic heterocycles. The lowest BCUT2D eigenvalue weighted by Crippen LogP contribution is -2.44. The lowest BCUT2D eigenvalue weighted by atomic mass is 10.3. The number of rotatable bonds is 6. The van der Waals surface area contributed by atoms with Crippen LogP contribution in [0, 0.1) is 0 Å². The number of carboxylic acid groups (broad SMARTS) is 1. The molecule has 0 aliphatic carbocycles. The highest BCUT2D eigenvalue weighted by molar-refractivity contribution is 8.00. The van der Waals surface area contributed by atoms with E-state index in [9.17, 15) is 9.59 Å². The number of amides is 1. The number of carbonyl (C=O) groups is 2. The topological polar surface area (TPSA) is 86.6 Å². The van der Waals surface area contributed by atoms with Crippen LogP contribution < -0.4 is 5.32 Å². The Balaban J connectivity index is 2.47. The standard InChI is InChI=1S/C11H12ClNO4S/c12-7-3-1-2-4-9(7)18-6-10(15)13-8(5-14)11(16)17/h1-4,8,14H,5-6H2,(H,13,15)(H,16,17)/t8-/m1/s1. The fraction of sp³-hybridized carbons (Fsp3) is 0.273. The number of halogens is 1. The van der Waals surface area contributed by atoms with Gasteiger partial charge in [0.25, 0.3) is 0 Å². The Morgan fingerprint density at radius 2 is 2.06 bits per heavy atom. The first-order chi connectivity index (χ1) is 8.54. The van der Waals surface area contributed by atoms with Crippen molar-refractivity contribution in [2.24, 2.45) is 0 Å². The molecule has 98 valence electrons. The number of thioether (sulfide) groups is 1. The Labute approximate surface area is 113 Å². The molecule has 0 bridgehead atoms.